The zero-order valence-corrected chi connectivity index (χ0v) is 25.2. The fourth-order valence-electron chi connectivity index (χ4n) is 6.27. The summed E-state index contributed by atoms with van der Waals surface area (Å²) in [5.41, 5.74) is 12.8. The number of hydrogen-bond acceptors (Lipinski definition) is 5. The van der Waals surface area contributed by atoms with Gasteiger partial charge in [0.05, 0.1) is 17.1 Å². The molecule has 0 unspecified atom stereocenters. The van der Waals surface area contributed by atoms with E-state index in [1.54, 1.807) is 12.4 Å². The molecule has 0 saturated heterocycles. The Hall–Kier alpha value is -6.53. The van der Waals surface area contributed by atoms with Gasteiger partial charge in [-0.2, -0.15) is 0 Å². The maximum Gasteiger partial charge on any atom is 0.165 e. The summed E-state index contributed by atoms with van der Waals surface area (Å²) in [5.74, 6) is 0. The lowest BCUT2D eigenvalue weighted by atomic mass is 9.96. The van der Waals surface area contributed by atoms with Crippen LogP contribution in [0.15, 0.2) is 158 Å². The van der Waals surface area contributed by atoms with Crippen LogP contribution in [0.3, 0.4) is 0 Å². The van der Waals surface area contributed by atoms with E-state index >= 15 is 0 Å². The Bertz CT molecular complexity index is 2500. The Balaban J connectivity index is 1.12. The molecular formula is C41H26N6. The molecule has 47 heavy (non-hydrogen) atoms. The summed E-state index contributed by atoms with van der Waals surface area (Å²) in [6.45, 7) is 0. The summed E-state index contributed by atoms with van der Waals surface area (Å²) in [6.07, 6.45) is 9.28. The van der Waals surface area contributed by atoms with Gasteiger partial charge in [0.1, 0.15) is 11.2 Å². The van der Waals surface area contributed by atoms with E-state index in [9.17, 15) is 0 Å². The summed E-state index contributed by atoms with van der Waals surface area (Å²) in [4.78, 5) is 23.7. The minimum Gasteiger partial charge on any atom is -0.284 e. The molecule has 0 radical (unpaired) electrons. The van der Waals surface area contributed by atoms with E-state index in [-0.39, 0.29) is 0 Å². The second kappa shape index (κ2) is 11.1. The molecule has 9 aromatic rings. The SMILES string of the molecule is c1cc(-c2ccc(-c3nc4c(nc5ccccn54)c4ccccc34)cc2)cc(-c2cc(-c3cccnc3)nc(-c3cccnc3)c2)c1. The van der Waals surface area contributed by atoms with Crippen molar-refractivity contribution in [1.82, 2.24) is 29.3 Å². The van der Waals surface area contributed by atoms with Crippen molar-refractivity contribution in [1.29, 1.82) is 0 Å². The Morgan fingerprint density at radius 3 is 1.77 bits per heavy atom. The van der Waals surface area contributed by atoms with Crippen LogP contribution in [0.1, 0.15) is 0 Å². The molecule has 6 heteroatoms. The molecular weight excluding hydrogens is 576 g/mol. The van der Waals surface area contributed by atoms with Gasteiger partial charge < -0.3 is 0 Å². The van der Waals surface area contributed by atoms with Crippen LogP contribution in [0, 0.1) is 0 Å². The molecule has 6 nitrogen and oxygen atoms in total. The largest absolute Gasteiger partial charge is 0.284 e. The average Bonchev–Trinajstić information content (AvgIpc) is 3.54. The highest BCUT2D eigenvalue weighted by molar-refractivity contribution is 6.09. The van der Waals surface area contributed by atoms with Crippen molar-refractivity contribution in [3.8, 4) is 56.0 Å². The molecule has 6 aromatic heterocycles. The first-order chi connectivity index (χ1) is 23.3. The summed E-state index contributed by atoms with van der Waals surface area (Å²) < 4.78 is 2.06. The van der Waals surface area contributed by atoms with Gasteiger partial charge >= 0.3 is 0 Å². The number of benzene rings is 3. The molecule has 0 aliphatic rings. The normalized spacial score (nSPS) is 11.4. The molecule has 0 bridgehead atoms. The maximum atomic E-state index is 5.17. The van der Waals surface area contributed by atoms with Gasteiger partial charge in [-0.05, 0) is 76.9 Å². The van der Waals surface area contributed by atoms with Crippen LogP contribution in [0.25, 0.3) is 83.6 Å². The first-order valence-electron chi connectivity index (χ1n) is 15.5. The van der Waals surface area contributed by atoms with E-state index in [1.807, 2.05) is 61.1 Å². The van der Waals surface area contributed by atoms with Gasteiger partial charge in [0, 0.05) is 58.4 Å². The van der Waals surface area contributed by atoms with Crippen LogP contribution in [0.2, 0.25) is 0 Å². The van der Waals surface area contributed by atoms with Crippen molar-refractivity contribution in [2.45, 2.75) is 0 Å². The average molecular weight is 603 g/mol. The minimum atomic E-state index is 0.861. The first-order valence-corrected chi connectivity index (χ1v) is 15.5. The Labute approximate surface area is 270 Å². The molecule has 6 heterocycles. The van der Waals surface area contributed by atoms with E-state index in [0.717, 1.165) is 83.6 Å². The Morgan fingerprint density at radius 2 is 1.06 bits per heavy atom. The van der Waals surface area contributed by atoms with Gasteiger partial charge in [0.25, 0.3) is 0 Å². The Kier molecular flexibility index (Phi) is 6.35. The monoisotopic (exact) mass is 602 g/mol. The van der Waals surface area contributed by atoms with Crippen LogP contribution < -0.4 is 0 Å². The van der Waals surface area contributed by atoms with Crippen LogP contribution >= 0.6 is 0 Å². The predicted molar refractivity (Wildman–Crippen MR) is 189 cm³/mol. The standard InChI is InChI=1S/C41H26N6/c1-2-13-35-34(12-1)39(46-41-40(35)45-38-14-3-4-21-47(38)41)28-17-15-27(16-18-28)29-8-5-9-30(22-29)33-23-36(31-10-6-19-42-25-31)44-37(24-33)32-11-7-20-43-26-32/h1-26H. The van der Waals surface area contributed by atoms with Crippen molar-refractivity contribution < 1.29 is 0 Å². The van der Waals surface area contributed by atoms with E-state index < -0.39 is 0 Å². The molecule has 0 aliphatic carbocycles. The minimum absolute atomic E-state index is 0.861. The van der Waals surface area contributed by atoms with Gasteiger partial charge in [-0.25, -0.2) is 15.0 Å². The molecule has 0 atom stereocenters. The number of nitrogens with zero attached hydrogens (tertiary/aromatic N) is 6. The summed E-state index contributed by atoms with van der Waals surface area (Å²) in [5, 5.41) is 2.19. The van der Waals surface area contributed by atoms with Gasteiger partial charge in [-0.1, -0.05) is 72.8 Å². The van der Waals surface area contributed by atoms with Crippen LogP contribution in [0.4, 0.5) is 0 Å². The van der Waals surface area contributed by atoms with Crippen LogP contribution in [-0.4, -0.2) is 29.3 Å². The van der Waals surface area contributed by atoms with Gasteiger partial charge in [0.2, 0.25) is 0 Å². The third-order valence-electron chi connectivity index (χ3n) is 8.59. The number of imidazole rings is 1. The highest BCUT2D eigenvalue weighted by Gasteiger charge is 2.15. The molecule has 0 spiro atoms. The maximum absolute atomic E-state index is 5.17. The smallest absolute Gasteiger partial charge is 0.165 e. The van der Waals surface area contributed by atoms with E-state index in [1.165, 1.54) is 0 Å². The topological polar surface area (TPSA) is 68.9 Å². The van der Waals surface area contributed by atoms with Crippen molar-refractivity contribution >= 4 is 27.6 Å². The lowest BCUT2D eigenvalue weighted by Gasteiger charge is -2.12. The first kappa shape index (κ1) is 26.8. The van der Waals surface area contributed by atoms with Crippen molar-refractivity contribution in [2.24, 2.45) is 0 Å². The molecule has 0 fully saturated rings. The Morgan fingerprint density at radius 1 is 0.426 bits per heavy atom. The van der Waals surface area contributed by atoms with Gasteiger partial charge in [-0.3, -0.25) is 14.4 Å². The number of aromatic nitrogens is 6. The third-order valence-corrected chi connectivity index (χ3v) is 8.59. The molecule has 0 amide bonds. The highest BCUT2D eigenvalue weighted by Crippen LogP contribution is 2.35. The molecule has 0 saturated carbocycles. The molecule has 0 aliphatic heterocycles. The van der Waals surface area contributed by atoms with Crippen molar-refractivity contribution in [3.05, 3.63) is 158 Å². The second-order valence-electron chi connectivity index (χ2n) is 11.5. The van der Waals surface area contributed by atoms with Crippen LogP contribution in [-0.2, 0) is 0 Å². The summed E-state index contributed by atoms with van der Waals surface area (Å²) >= 11 is 0. The van der Waals surface area contributed by atoms with Crippen molar-refractivity contribution in [2.75, 3.05) is 0 Å². The predicted octanol–water partition coefficient (Wildman–Crippen LogP) is 9.56. The van der Waals surface area contributed by atoms with Gasteiger partial charge in [-0.15, -0.1) is 0 Å². The number of rotatable bonds is 5. The lowest BCUT2D eigenvalue weighted by molar-refractivity contribution is 1.19. The van der Waals surface area contributed by atoms with E-state index in [0.29, 0.717) is 0 Å². The quantitative estimate of drug-likeness (QED) is 0.196. The fraction of sp³-hybridized carbons (Fsp3) is 0. The number of pyridine rings is 5. The fourth-order valence-corrected chi connectivity index (χ4v) is 6.27. The summed E-state index contributed by atoms with van der Waals surface area (Å²) in [7, 11) is 0. The molecule has 3 aromatic carbocycles. The molecule has 9 rings (SSSR count). The molecule has 220 valence electrons. The zero-order chi connectivity index (χ0) is 31.2. The highest BCUT2D eigenvalue weighted by atomic mass is 15.1. The third kappa shape index (κ3) is 4.80. The summed E-state index contributed by atoms with van der Waals surface area (Å²) in [6, 6.07) is 44.0. The van der Waals surface area contributed by atoms with Gasteiger partial charge in [0.15, 0.2) is 5.65 Å². The number of fused-ring (bicyclic) bond motifs is 5. The lowest BCUT2D eigenvalue weighted by Crippen LogP contribution is -1.92. The molecule has 0 N–H and O–H groups in total. The van der Waals surface area contributed by atoms with Crippen LogP contribution in [0.5, 0.6) is 0 Å². The van der Waals surface area contributed by atoms with E-state index in [4.69, 9.17) is 15.0 Å². The van der Waals surface area contributed by atoms with E-state index in [2.05, 4.69) is 99.3 Å². The second-order valence-corrected chi connectivity index (χ2v) is 11.5. The number of hydrogen-bond donors (Lipinski definition) is 0. The van der Waals surface area contributed by atoms with Crippen molar-refractivity contribution in [3.63, 3.8) is 0 Å². The zero-order valence-electron chi connectivity index (χ0n) is 25.2.